The Morgan fingerprint density at radius 2 is 1.96 bits per heavy atom. The van der Waals surface area contributed by atoms with E-state index < -0.39 is 11.7 Å². The van der Waals surface area contributed by atoms with Crippen LogP contribution in [0.3, 0.4) is 0 Å². The highest BCUT2D eigenvalue weighted by molar-refractivity contribution is 9.10. The minimum Gasteiger partial charge on any atom is -0.362 e. The average Bonchev–Trinajstić information content (AvgIpc) is 2.59. The third kappa shape index (κ3) is 4.36. The lowest BCUT2D eigenvalue weighted by molar-refractivity contribution is -0.120. The first-order valence-corrected chi connectivity index (χ1v) is 8.70. The van der Waals surface area contributed by atoms with Gasteiger partial charge in [0.2, 0.25) is 0 Å². The summed E-state index contributed by atoms with van der Waals surface area (Å²) in [4.78, 5) is 26.1. The van der Waals surface area contributed by atoms with Crippen molar-refractivity contribution in [1.82, 2.24) is 10.9 Å². The number of nitrogens with zero attached hydrogens (tertiary/aromatic N) is 1. The summed E-state index contributed by atoms with van der Waals surface area (Å²) < 4.78 is 13.8. The number of hydrogen-bond acceptors (Lipinski definition) is 3. The topological polar surface area (TPSA) is 61.4 Å². The second kappa shape index (κ2) is 7.65. The molecule has 0 radical (unpaired) electrons. The van der Waals surface area contributed by atoms with Crippen molar-refractivity contribution in [2.75, 3.05) is 18.0 Å². The number of hydrogen-bond donors (Lipinski definition) is 2. The zero-order valence-electron chi connectivity index (χ0n) is 13.4. The van der Waals surface area contributed by atoms with Crippen LogP contribution >= 0.6 is 15.9 Å². The van der Waals surface area contributed by atoms with Gasteiger partial charge in [-0.05, 0) is 42.7 Å². The number of anilines is 1. The Bertz CT molecular complexity index is 792. The summed E-state index contributed by atoms with van der Waals surface area (Å²) in [5.74, 6) is -1.44. The lowest BCUT2D eigenvalue weighted by Gasteiger charge is -2.30. The Morgan fingerprint density at radius 3 is 2.76 bits per heavy atom. The van der Waals surface area contributed by atoms with Crippen molar-refractivity contribution in [3.8, 4) is 0 Å². The van der Waals surface area contributed by atoms with Crippen molar-refractivity contribution in [3.05, 3.63) is 63.9 Å². The maximum Gasteiger partial charge on any atom is 0.269 e. The highest BCUT2D eigenvalue weighted by Gasteiger charge is 2.19. The third-order valence-corrected chi connectivity index (χ3v) is 4.44. The largest absolute Gasteiger partial charge is 0.362 e. The van der Waals surface area contributed by atoms with Crippen LogP contribution in [-0.2, 0) is 11.2 Å². The van der Waals surface area contributed by atoms with Gasteiger partial charge in [-0.2, -0.15) is 0 Å². The highest BCUT2D eigenvalue weighted by Crippen LogP contribution is 2.26. The standard InChI is InChI=1S/C18H17BrFN3O2/c19-14-8-13(9-15(20)10-14)18(25)22-21-17(24)11-23-7-3-5-12-4-1-2-6-16(12)23/h1-2,4,6,8-10H,3,5,7,11H2,(H,21,24)(H,22,25). The second-order valence-corrected chi connectivity index (χ2v) is 6.73. The number of amides is 2. The molecule has 7 heteroatoms. The molecule has 1 heterocycles. The van der Waals surface area contributed by atoms with E-state index in [9.17, 15) is 14.0 Å². The fourth-order valence-electron chi connectivity index (χ4n) is 2.87. The number of halogens is 2. The summed E-state index contributed by atoms with van der Waals surface area (Å²) in [7, 11) is 0. The fourth-order valence-corrected chi connectivity index (χ4v) is 3.34. The van der Waals surface area contributed by atoms with Crippen LogP contribution < -0.4 is 15.8 Å². The van der Waals surface area contributed by atoms with Crippen LogP contribution in [0.4, 0.5) is 10.1 Å². The van der Waals surface area contributed by atoms with Gasteiger partial charge in [0.1, 0.15) is 5.82 Å². The molecule has 2 N–H and O–H groups in total. The van der Waals surface area contributed by atoms with Crippen LogP contribution in [0.15, 0.2) is 46.9 Å². The number of nitrogens with one attached hydrogen (secondary N) is 2. The molecule has 1 aliphatic rings. The molecule has 2 aromatic rings. The molecule has 2 aromatic carbocycles. The van der Waals surface area contributed by atoms with Gasteiger partial charge in [-0.25, -0.2) is 4.39 Å². The van der Waals surface area contributed by atoms with Gasteiger partial charge >= 0.3 is 0 Å². The number of carbonyl (C=O) groups excluding carboxylic acids is 2. The number of rotatable bonds is 3. The van der Waals surface area contributed by atoms with E-state index in [1.54, 1.807) is 0 Å². The van der Waals surface area contributed by atoms with Crippen LogP contribution in [0.5, 0.6) is 0 Å². The van der Waals surface area contributed by atoms with E-state index in [-0.39, 0.29) is 18.0 Å². The highest BCUT2D eigenvalue weighted by atomic mass is 79.9. The lowest BCUT2D eigenvalue weighted by Crippen LogP contribution is -2.47. The molecule has 130 valence electrons. The van der Waals surface area contributed by atoms with E-state index in [2.05, 4.69) is 32.8 Å². The SMILES string of the molecule is O=C(CN1CCCc2ccccc21)NNC(=O)c1cc(F)cc(Br)c1. The molecule has 5 nitrogen and oxygen atoms in total. The average molecular weight is 406 g/mol. The molecule has 0 aliphatic carbocycles. The smallest absolute Gasteiger partial charge is 0.269 e. The first-order chi connectivity index (χ1) is 12.0. The Balaban J connectivity index is 1.58. The van der Waals surface area contributed by atoms with Gasteiger partial charge in [-0.15, -0.1) is 0 Å². The first-order valence-electron chi connectivity index (χ1n) is 7.91. The molecule has 2 amide bonds. The minimum atomic E-state index is -0.576. The Hall–Kier alpha value is -2.41. The summed E-state index contributed by atoms with van der Waals surface area (Å²) >= 11 is 3.13. The molecule has 0 spiro atoms. The summed E-state index contributed by atoms with van der Waals surface area (Å²) in [5, 5.41) is 0. The Labute approximate surface area is 153 Å². The van der Waals surface area contributed by atoms with Gasteiger partial charge in [0, 0.05) is 22.3 Å². The molecule has 0 atom stereocenters. The summed E-state index contributed by atoms with van der Waals surface area (Å²) in [6.45, 7) is 0.930. The molecule has 0 unspecified atom stereocenters. The number of fused-ring (bicyclic) bond motifs is 1. The molecule has 0 aromatic heterocycles. The Kier molecular flexibility index (Phi) is 5.33. The maximum atomic E-state index is 13.3. The molecule has 0 saturated heterocycles. The molecule has 25 heavy (non-hydrogen) atoms. The zero-order chi connectivity index (χ0) is 17.8. The molecular formula is C18H17BrFN3O2. The maximum absolute atomic E-state index is 13.3. The predicted molar refractivity (Wildman–Crippen MR) is 96.7 cm³/mol. The minimum absolute atomic E-state index is 0.121. The first kappa shape index (κ1) is 17.4. The van der Waals surface area contributed by atoms with Crippen molar-refractivity contribution >= 4 is 33.4 Å². The summed E-state index contributed by atoms with van der Waals surface area (Å²) in [6, 6.07) is 11.8. The lowest BCUT2D eigenvalue weighted by atomic mass is 10.0. The van der Waals surface area contributed by atoms with Crippen LogP contribution in [0.1, 0.15) is 22.3 Å². The van der Waals surface area contributed by atoms with E-state index in [0.29, 0.717) is 4.47 Å². The number of para-hydroxylation sites is 1. The van der Waals surface area contributed by atoms with Gasteiger partial charge < -0.3 is 4.90 Å². The summed E-state index contributed by atoms with van der Waals surface area (Å²) in [6.07, 6.45) is 1.98. The molecule has 0 saturated carbocycles. The quantitative estimate of drug-likeness (QED) is 0.771. The van der Waals surface area contributed by atoms with Crippen LogP contribution in [0.2, 0.25) is 0 Å². The predicted octanol–water partition coefficient (Wildman–Crippen LogP) is 2.80. The van der Waals surface area contributed by atoms with Crippen LogP contribution in [0, 0.1) is 5.82 Å². The number of aryl methyl sites for hydroxylation is 1. The number of hydrazine groups is 1. The van der Waals surface area contributed by atoms with Crippen LogP contribution in [-0.4, -0.2) is 24.9 Å². The van der Waals surface area contributed by atoms with Crippen molar-refractivity contribution < 1.29 is 14.0 Å². The number of benzene rings is 2. The van der Waals surface area contributed by atoms with Crippen molar-refractivity contribution in [2.45, 2.75) is 12.8 Å². The van der Waals surface area contributed by atoms with Gasteiger partial charge in [0.25, 0.3) is 11.8 Å². The monoisotopic (exact) mass is 405 g/mol. The van der Waals surface area contributed by atoms with E-state index in [4.69, 9.17) is 0 Å². The normalized spacial score (nSPS) is 13.1. The van der Waals surface area contributed by atoms with Gasteiger partial charge in [-0.3, -0.25) is 20.4 Å². The fraction of sp³-hybridized carbons (Fsp3) is 0.222. The molecule has 3 rings (SSSR count). The molecule has 1 aliphatic heterocycles. The second-order valence-electron chi connectivity index (χ2n) is 5.81. The van der Waals surface area contributed by atoms with Gasteiger partial charge in [0.15, 0.2) is 0 Å². The number of carbonyl (C=O) groups is 2. The van der Waals surface area contributed by atoms with E-state index >= 15 is 0 Å². The van der Waals surface area contributed by atoms with Gasteiger partial charge in [0.05, 0.1) is 6.54 Å². The van der Waals surface area contributed by atoms with Crippen molar-refractivity contribution in [2.24, 2.45) is 0 Å². The van der Waals surface area contributed by atoms with Crippen molar-refractivity contribution in [1.29, 1.82) is 0 Å². The molecule has 0 bridgehead atoms. The zero-order valence-corrected chi connectivity index (χ0v) is 15.0. The van der Waals surface area contributed by atoms with Gasteiger partial charge in [-0.1, -0.05) is 34.1 Å². The van der Waals surface area contributed by atoms with E-state index in [1.807, 2.05) is 23.1 Å². The Morgan fingerprint density at radius 1 is 1.16 bits per heavy atom. The molecule has 0 fully saturated rings. The van der Waals surface area contributed by atoms with Crippen LogP contribution in [0.25, 0.3) is 0 Å². The van der Waals surface area contributed by atoms with E-state index in [1.165, 1.54) is 17.7 Å². The molecular weight excluding hydrogens is 389 g/mol. The summed E-state index contributed by atoms with van der Waals surface area (Å²) in [5.41, 5.74) is 7.08. The van der Waals surface area contributed by atoms with E-state index in [0.717, 1.165) is 31.1 Å². The van der Waals surface area contributed by atoms with Crippen molar-refractivity contribution in [3.63, 3.8) is 0 Å². The third-order valence-electron chi connectivity index (χ3n) is 3.98.